The van der Waals surface area contributed by atoms with Gasteiger partial charge in [0.1, 0.15) is 0 Å². The number of fused-ring (bicyclic) bond motifs is 9. The van der Waals surface area contributed by atoms with Gasteiger partial charge in [0.05, 0.1) is 28.6 Å². The minimum atomic E-state index is 0.700. The van der Waals surface area contributed by atoms with E-state index in [9.17, 15) is 0 Å². The van der Waals surface area contributed by atoms with Gasteiger partial charge in [-0.05, 0) is 53.2 Å². The molecule has 0 spiro atoms. The number of hydrogen-bond acceptors (Lipinski definition) is 5. The van der Waals surface area contributed by atoms with E-state index in [4.69, 9.17) is 9.97 Å². The number of thiophene rings is 1. The Morgan fingerprint density at radius 1 is 0.479 bits per heavy atom. The van der Waals surface area contributed by atoms with Crippen LogP contribution in [0.5, 0.6) is 0 Å². The van der Waals surface area contributed by atoms with Crippen LogP contribution in [0.25, 0.3) is 92.5 Å². The summed E-state index contributed by atoms with van der Waals surface area (Å²) in [5.41, 5.74) is 7.08. The summed E-state index contributed by atoms with van der Waals surface area (Å²) < 4.78 is 4.84. The van der Waals surface area contributed by atoms with Crippen LogP contribution in [0.4, 0.5) is 0 Å². The molecule has 0 atom stereocenters. The van der Waals surface area contributed by atoms with Crippen LogP contribution in [-0.2, 0) is 0 Å². The maximum Gasteiger partial charge on any atom is 0.159 e. The zero-order valence-electron chi connectivity index (χ0n) is 25.6. The van der Waals surface area contributed by atoms with Gasteiger partial charge in [-0.1, -0.05) is 91.0 Å². The third-order valence-corrected chi connectivity index (χ3v) is 10.3. The second-order valence-electron chi connectivity index (χ2n) is 11.9. The molecule has 6 heteroatoms. The number of nitrogens with zero attached hydrogens (tertiary/aromatic N) is 5. The van der Waals surface area contributed by atoms with Crippen LogP contribution in [-0.4, -0.2) is 24.5 Å². The van der Waals surface area contributed by atoms with E-state index in [0.717, 1.165) is 44.9 Å². The summed E-state index contributed by atoms with van der Waals surface area (Å²) in [6.45, 7) is 0. The Kier molecular flexibility index (Phi) is 5.98. The van der Waals surface area contributed by atoms with Gasteiger partial charge in [-0.2, -0.15) is 0 Å². The van der Waals surface area contributed by atoms with Crippen molar-refractivity contribution in [3.63, 3.8) is 0 Å². The smallest absolute Gasteiger partial charge is 0.159 e. The van der Waals surface area contributed by atoms with Crippen molar-refractivity contribution in [1.29, 1.82) is 0 Å². The molecule has 224 valence electrons. The average molecular weight is 632 g/mol. The number of benzene rings is 6. The van der Waals surface area contributed by atoms with E-state index < -0.39 is 0 Å². The van der Waals surface area contributed by atoms with Gasteiger partial charge in [0.25, 0.3) is 0 Å². The summed E-state index contributed by atoms with van der Waals surface area (Å²) in [6, 6.07) is 46.7. The Bertz CT molecular complexity index is 2820. The van der Waals surface area contributed by atoms with Gasteiger partial charge in [0.15, 0.2) is 11.6 Å². The normalized spacial score (nSPS) is 11.8. The zero-order valence-corrected chi connectivity index (χ0v) is 26.4. The molecule has 10 aromatic rings. The van der Waals surface area contributed by atoms with Crippen LogP contribution in [0.2, 0.25) is 0 Å². The topological polar surface area (TPSA) is 56.5 Å². The van der Waals surface area contributed by atoms with Gasteiger partial charge < -0.3 is 4.57 Å². The van der Waals surface area contributed by atoms with E-state index >= 15 is 0 Å². The van der Waals surface area contributed by atoms with Gasteiger partial charge >= 0.3 is 0 Å². The van der Waals surface area contributed by atoms with Crippen LogP contribution in [0.3, 0.4) is 0 Å². The molecule has 10 rings (SSSR count). The Morgan fingerprint density at radius 3 is 2.02 bits per heavy atom. The average Bonchev–Trinajstić information content (AvgIpc) is 3.71. The lowest BCUT2D eigenvalue weighted by atomic mass is 10.00. The van der Waals surface area contributed by atoms with Gasteiger partial charge in [-0.3, -0.25) is 0 Å². The van der Waals surface area contributed by atoms with E-state index in [1.807, 2.05) is 47.9 Å². The van der Waals surface area contributed by atoms with Gasteiger partial charge in [-0.15, -0.1) is 11.3 Å². The molecule has 0 aliphatic heterocycles. The highest BCUT2D eigenvalue weighted by Crippen LogP contribution is 2.46. The number of rotatable bonds is 4. The van der Waals surface area contributed by atoms with Crippen molar-refractivity contribution in [1.82, 2.24) is 24.5 Å². The summed E-state index contributed by atoms with van der Waals surface area (Å²) >= 11 is 1.82. The first-order chi connectivity index (χ1) is 23.8. The lowest BCUT2D eigenvalue weighted by Crippen LogP contribution is -2.02. The summed E-state index contributed by atoms with van der Waals surface area (Å²) in [5, 5.41) is 7.32. The first kappa shape index (κ1) is 26.9. The third-order valence-electron chi connectivity index (χ3n) is 9.17. The van der Waals surface area contributed by atoms with Gasteiger partial charge in [0.2, 0.25) is 0 Å². The molecule has 0 saturated carbocycles. The molecule has 0 bridgehead atoms. The molecule has 0 amide bonds. The Hall–Kier alpha value is -6.24. The molecular formula is C42H25N5S. The van der Waals surface area contributed by atoms with Crippen LogP contribution in [0.15, 0.2) is 152 Å². The molecular weight excluding hydrogens is 607 g/mol. The quantitative estimate of drug-likeness (QED) is 0.194. The van der Waals surface area contributed by atoms with E-state index in [1.165, 1.54) is 41.7 Å². The molecule has 0 aliphatic rings. The highest BCUT2D eigenvalue weighted by atomic mass is 32.1. The molecule has 4 heterocycles. The minimum absolute atomic E-state index is 0.700. The molecule has 48 heavy (non-hydrogen) atoms. The second kappa shape index (κ2) is 10.7. The first-order valence-electron chi connectivity index (χ1n) is 15.9. The maximum atomic E-state index is 5.25. The Morgan fingerprint density at radius 2 is 1.19 bits per heavy atom. The monoisotopic (exact) mass is 631 g/mol. The van der Waals surface area contributed by atoms with E-state index in [0.29, 0.717) is 5.82 Å². The molecule has 0 N–H and O–H groups in total. The van der Waals surface area contributed by atoms with Crippen molar-refractivity contribution in [2.45, 2.75) is 0 Å². The van der Waals surface area contributed by atoms with Crippen LogP contribution < -0.4 is 0 Å². The highest BCUT2D eigenvalue weighted by molar-refractivity contribution is 7.26. The lowest BCUT2D eigenvalue weighted by Gasteiger charge is -2.14. The van der Waals surface area contributed by atoms with E-state index in [1.54, 1.807) is 12.4 Å². The van der Waals surface area contributed by atoms with E-state index in [-0.39, 0.29) is 0 Å². The zero-order chi connectivity index (χ0) is 31.6. The standard InChI is InChI=1S/C42H25N5S/c1-3-11-27(12-4-1)40-34(25-45-42(46-40)28-13-5-2-6-14-28)47-32-18-16-26-10-7-8-15-30(26)37(32)39-33(47)19-21-36-38(39)31-24-29(17-20-35(31)48-36)41-43-22-9-23-44-41/h1-25H. The molecule has 0 unspecified atom stereocenters. The first-order valence-corrected chi connectivity index (χ1v) is 16.7. The Balaban J connectivity index is 1.36. The Labute approximate surface area is 279 Å². The van der Waals surface area contributed by atoms with Crippen molar-refractivity contribution in [3.05, 3.63) is 152 Å². The van der Waals surface area contributed by atoms with Crippen molar-refractivity contribution in [3.8, 4) is 39.7 Å². The molecule has 0 saturated heterocycles. The van der Waals surface area contributed by atoms with E-state index in [2.05, 4.69) is 118 Å². The fourth-order valence-corrected chi connectivity index (χ4v) is 8.15. The molecule has 4 aromatic heterocycles. The summed E-state index contributed by atoms with van der Waals surface area (Å²) in [6.07, 6.45) is 5.59. The molecule has 0 radical (unpaired) electrons. The van der Waals surface area contributed by atoms with Crippen molar-refractivity contribution < 1.29 is 0 Å². The van der Waals surface area contributed by atoms with Crippen LogP contribution in [0.1, 0.15) is 0 Å². The molecule has 0 fully saturated rings. The SMILES string of the molecule is c1ccc(-c2ncc(-n3c4ccc5ccccc5c4c4c5c(ccc43)sc3ccc(-c4ncccn4)cc35)c(-c3ccccc3)n2)cc1. The summed E-state index contributed by atoms with van der Waals surface area (Å²) in [5.74, 6) is 1.42. The van der Waals surface area contributed by atoms with Gasteiger partial charge in [0, 0.05) is 60.0 Å². The van der Waals surface area contributed by atoms with Crippen molar-refractivity contribution in [2.75, 3.05) is 0 Å². The van der Waals surface area contributed by atoms with Gasteiger partial charge in [-0.25, -0.2) is 19.9 Å². The maximum absolute atomic E-state index is 5.25. The second-order valence-corrected chi connectivity index (χ2v) is 13.0. The van der Waals surface area contributed by atoms with Crippen LogP contribution >= 0.6 is 11.3 Å². The fourth-order valence-electron chi connectivity index (χ4n) is 7.06. The van der Waals surface area contributed by atoms with Crippen molar-refractivity contribution >= 4 is 64.1 Å². The number of hydrogen-bond donors (Lipinski definition) is 0. The summed E-state index contributed by atoms with van der Waals surface area (Å²) in [7, 11) is 0. The van der Waals surface area contributed by atoms with Crippen molar-refractivity contribution in [2.24, 2.45) is 0 Å². The molecule has 0 aliphatic carbocycles. The number of aromatic nitrogens is 5. The fraction of sp³-hybridized carbons (Fsp3) is 0. The predicted octanol–water partition coefficient (Wildman–Crippen LogP) is 10.9. The largest absolute Gasteiger partial charge is 0.306 e. The third kappa shape index (κ3) is 4.10. The van der Waals surface area contributed by atoms with Crippen LogP contribution in [0, 0.1) is 0 Å². The molecule has 6 aromatic carbocycles. The summed E-state index contributed by atoms with van der Waals surface area (Å²) in [4.78, 5) is 19.3. The lowest BCUT2D eigenvalue weighted by molar-refractivity contribution is 1.09. The highest BCUT2D eigenvalue weighted by Gasteiger charge is 2.23. The predicted molar refractivity (Wildman–Crippen MR) is 199 cm³/mol. The molecule has 5 nitrogen and oxygen atoms in total. The minimum Gasteiger partial charge on any atom is -0.306 e.